The van der Waals surface area contributed by atoms with E-state index >= 15 is 0 Å². The van der Waals surface area contributed by atoms with E-state index in [1.54, 1.807) is 11.3 Å². The highest BCUT2D eigenvalue weighted by Crippen LogP contribution is 2.27. The van der Waals surface area contributed by atoms with Crippen molar-refractivity contribution in [1.82, 2.24) is 4.90 Å². The maximum atomic E-state index is 6.26. The summed E-state index contributed by atoms with van der Waals surface area (Å²) < 4.78 is 0. The van der Waals surface area contributed by atoms with Gasteiger partial charge in [0.1, 0.15) is 0 Å². The first-order chi connectivity index (χ1) is 7.61. The van der Waals surface area contributed by atoms with Crippen molar-refractivity contribution in [3.63, 3.8) is 0 Å². The quantitative estimate of drug-likeness (QED) is 0.827. The van der Waals surface area contributed by atoms with Crippen LogP contribution in [0.1, 0.15) is 45.2 Å². The second-order valence-electron chi connectivity index (χ2n) is 4.50. The highest BCUT2D eigenvalue weighted by Gasteiger charge is 2.25. The van der Waals surface area contributed by atoms with Gasteiger partial charge in [0.2, 0.25) is 0 Å². The van der Waals surface area contributed by atoms with Gasteiger partial charge in [0.15, 0.2) is 0 Å². The van der Waals surface area contributed by atoms with E-state index in [1.165, 1.54) is 5.56 Å². The predicted octanol–water partition coefficient (Wildman–Crippen LogP) is 3.26. The minimum absolute atomic E-state index is 0.216. The molecule has 0 saturated carbocycles. The molecule has 0 radical (unpaired) electrons. The SMILES string of the molecule is CCC(N)C(c1ccsc1)N(C)C(C)CC. The third kappa shape index (κ3) is 3.06. The Labute approximate surface area is 103 Å². The maximum Gasteiger partial charge on any atom is 0.0507 e. The molecule has 1 aromatic heterocycles. The topological polar surface area (TPSA) is 29.3 Å². The zero-order chi connectivity index (χ0) is 12.1. The van der Waals surface area contributed by atoms with Gasteiger partial charge in [-0.15, -0.1) is 0 Å². The van der Waals surface area contributed by atoms with Crippen LogP contribution in [0.3, 0.4) is 0 Å². The Morgan fingerprint density at radius 1 is 1.38 bits per heavy atom. The third-order valence-corrected chi connectivity index (χ3v) is 4.19. The molecule has 0 bridgehead atoms. The average Bonchev–Trinajstić information content (AvgIpc) is 2.81. The van der Waals surface area contributed by atoms with Gasteiger partial charge in [0.25, 0.3) is 0 Å². The van der Waals surface area contributed by atoms with Gasteiger partial charge < -0.3 is 5.73 Å². The largest absolute Gasteiger partial charge is 0.326 e. The lowest BCUT2D eigenvalue weighted by molar-refractivity contribution is 0.155. The van der Waals surface area contributed by atoms with Gasteiger partial charge in [-0.2, -0.15) is 11.3 Å². The number of likely N-dealkylation sites (N-methyl/N-ethyl adjacent to an activating group) is 1. The number of nitrogens with two attached hydrogens (primary N) is 1. The Balaban J connectivity index is 2.87. The fourth-order valence-electron chi connectivity index (χ4n) is 2.01. The molecule has 0 saturated heterocycles. The second kappa shape index (κ2) is 6.38. The van der Waals surface area contributed by atoms with Gasteiger partial charge in [0, 0.05) is 12.1 Å². The third-order valence-electron chi connectivity index (χ3n) is 3.49. The Hall–Kier alpha value is -0.380. The van der Waals surface area contributed by atoms with E-state index in [1.807, 2.05) is 0 Å². The Morgan fingerprint density at radius 3 is 2.50 bits per heavy atom. The first kappa shape index (κ1) is 13.7. The van der Waals surface area contributed by atoms with Crippen molar-refractivity contribution in [2.75, 3.05) is 7.05 Å². The molecular formula is C13H24N2S. The summed E-state index contributed by atoms with van der Waals surface area (Å²) in [6.45, 7) is 6.65. The molecule has 0 amide bonds. The lowest BCUT2D eigenvalue weighted by Gasteiger charge is -2.36. The summed E-state index contributed by atoms with van der Waals surface area (Å²) in [7, 11) is 2.19. The molecule has 1 rings (SSSR count). The Kier molecular flexibility index (Phi) is 5.46. The van der Waals surface area contributed by atoms with Crippen molar-refractivity contribution in [3.05, 3.63) is 22.4 Å². The minimum atomic E-state index is 0.216. The number of nitrogens with zero attached hydrogens (tertiary/aromatic N) is 1. The fraction of sp³-hybridized carbons (Fsp3) is 0.692. The summed E-state index contributed by atoms with van der Waals surface area (Å²) in [5.41, 5.74) is 7.63. The van der Waals surface area contributed by atoms with Crippen LogP contribution < -0.4 is 5.73 Å². The molecule has 3 unspecified atom stereocenters. The molecule has 16 heavy (non-hydrogen) atoms. The molecule has 2 nitrogen and oxygen atoms in total. The first-order valence-electron chi connectivity index (χ1n) is 6.11. The Bertz CT molecular complexity index is 284. The number of hydrogen-bond donors (Lipinski definition) is 1. The van der Waals surface area contributed by atoms with E-state index in [0.29, 0.717) is 12.1 Å². The minimum Gasteiger partial charge on any atom is -0.326 e. The van der Waals surface area contributed by atoms with Gasteiger partial charge in [-0.05, 0) is 49.2 Å². The van der Waals surface area contributed by atoms with Gasteiger partial charge in [-0.3, -0.25) is 4.90 Å². The molecule has 0 aliphatic rings. The summed E-state index contributed by atoms with van der Waals surface area (Å²) in [6.07, 6.45) is 2.18. The zero-order valence-corrected chi connectivity index (χ0v) is 11.6. The van der Waals surface area contributed by atoms with Crippen molar-refractivity contribution < 1.29 is 0 Å². The molecule has 3 atom stereocenters. The van der Waals surface area contributed by atoms with Gasteiger partial charge in [0.05, 0.1) is 6.04 Å². The molecule has 0 aliphatic carbocycles. The highest BCUT2D eigenvalue weighted by atomic mass is 32.1. The second-order valence-corrected chi connectivity index (χ2v) is 5.28. The van der Waals surface area contributed by atoms with Crippen LogP contribution in [-0.4, -0.2) is 24.0 Å². The first-order valence-corrected chi connectivity index (χ1v) is 7.05. The lowest BCUT2D eigenvalue weighted by atomic mass is 9.97. The summed E-state index contributed by atoms with van der Waals surface area (Å²) in [6, 6.07) is 3.34. The number of hydrogen-bond acceptors (Lipinski definition) is 3. The predicted molar refractivity (Wildman–Crippen MR) is 72.8 cm³/mol. The molecule has 0 spiro atoms. The van der Waals surface area contributed by atoms with Crippen molar-refractivity contribution in [3.8, 4) is 0 Å². The van der Waals surface area contributed by atoms with Crippen LogP contribution in [0.15, 0.2) is 16.8 Å². The van der Waals surface area contributed by atoms with Crippen LogP contribution in [0.4, 0.5) is 0 Å². The monoisotopic (exact) mass is 240 g/mol. The van der Waals surface area contributed by atoms with Crippen molar-refractivity contribution in [2.45, 2.75) is 51.7 Å². The summed E-state index contributed by atoms with van der Waals surface area (Å²) in [5, 5.41) is 4.36. The van der Waals surface area contributed by atoms with E-state index in [9.17, 15) is 0 Å². The number of thiophene rings is 1. The molecule has 92 valence electrons. The zero-order valence-electron chi connectivity index (χ0n) is 10.8. The molecule has 0 aliphatic heterocycles. The summed E-state index contributed by atoms with van der Waals surface area (Å²) in [4.78, 5) is 2.41. The molecule has 0 aromatic carbocycles. The normalized spacial score (nSPS) is 17.4. The van der Waals surface area contributed by atoms with Gasteiger partial charge in [-0.1, -0.05) is 13.8 Å². The molecule has 0 fully saturated rings. The summed E-state index contributed by atoms with van der Waals surface area (Å²) >= 11 is 1.75. The van der Waals surface area contributed by atoms with Crippen molar-refractivity contribution in [2.24, 2.45) is 5.73 Å². The van der Waals surface area contributed by atoms with Crippen LogP contribution in [-0.2, 0) is 0 Å². The van der Waals surface area contributed by atoms with Crippen LogP contribution in [0.5, 0.6) is 0 Å². The fourth-order valence-corrected chi connectivity index (χ4v) is 2.70. The lowest BCUT2D eigenvalue weighted by Crippen LogP contribution is -2.42. The van der Waals surface area contributed by atoms with E-state index < -0.39 is 0 Å². The van der Waals surface area contributed by atoms with Gasteiger partial charge >= 0.3 is 0 Å². The van der Waals surface area contributed by atoms with Crippen molar-refractivity contribution in [1.29, 1.82) is 0 Å². The molecule has 1 aromatic rings. The van der Waals surface area contributed by atoms with Crippen LogP contribution in [0.25, 0.3) is 0 Å². The maximum absolute atomic E-state index is 6.26. The van der Waals surface area contributed by atoms with Crippen LogP contribution >= 0.6 is 11.3 Å². The van der Waals surface area contributed by atoms with E-state index in [2.05, 4.69) is 49.5 Å². The molecular weight excluding hydrogens is 216 g/mol. The number of rotatable bonds is 6. The standard InChI is InChI=1S/C13H24N2S/c1-5-10(3)15(4)13(12(14)6-2)11-7-8-16-9-11/h7-10,12-13H,5-6,14H2,1-4H3. The summed E-state index contributed by atoms with van der Waals surface area (Å²) in [5.74, 6) is 0. The van der Waals surface area contributed by atoms with E-state index in [4.69, 9.17) is 5.73 Å². The highest BCUT2D eigenvalue weighted by molar-refractivity contribution is 7.07. The Morgan fingerprint density at radius 2 is 2.06 bits per heavy atom. The molecule has 1 heterocycles. The van der Waals surface area contributed by atoms with Crippen LogP contribution in [0, 0.1) is 0 Å². The van der Waals surface area contributed by atoms with Crippen LogP contribution in [0.2, 0.25) is 0 Å². The van der Waals surface area contributed by atoms with E-state index in [-0.39, 0.29) is 6.04 Å². The molecule has 3 heteroatoms. The molecule has 2 N–H and O–H groups in total. The van der Waals surface area contributed by atoms with E-state index in [0.717, 1.165) is 12.8 Å². The average molecular weight is 240 g/mol. The van der Waals surface area contributed by atoms with Crippen molar-refractivity contribution >= 4 is 11.3 Å². The van der Waals surface area contributed by atoms with Gasteiger partial charge in [-0.25, -0.2) is 0 Å². The smallest absolute Gasteiger partial charge is 0.0507 e.